The second-order valence-electron chi connectivity index (χ2n) is 13.0. The van der Waals surface area contributed by atoms with Gasteiger partial charge in [-0.2, -0.15) is 0 Å². The van der Waals surface area contributed by atoms with E-state index in [4.69, 9.17) is 23.8 Å². The first kappa shape index (κ1) is 32.3. The Bertz CT molecular complexity index is 1360. The standard InChI is InChI=1S/C35H45NO7/c1-34(2,3)32(37)40-21-9-20-39-29-16-14-27(15-17-29)30-18-19-36(43-33(38)42-35(4,5)6)23-31(30)41-24-25-12-13-26-10-7-8-11-28(26)22-25/h7-8,10-17,22,30-31H,9,18-21,23-24H2,1-6H3. The van der Waals surface area contributed by atoms with Crippen molar-refractivity contribution in [3.05, 3.63) is 77.9 Å². The number of hydrogen-bond acceptors (Lipinski definition) is 8. The first-order valence-corrected chi connectivity index (χ1v) is 15.0. The van der Waals surface area contributed by atoms with Gasteiger partial charge in [0, 0.05) is 18.9 Å². The van der Waals surface area contributed by atoms with Crippen molar-refractivity contribution in [1.82, 2.24) is 5.06 Å². The molecule has 2 atom stereocenters. The van der Waals surface area contributed by atoms with Crippen molar-refractivity contribution in [2.24, 2.45) is 5.41 Å². The number of ether oxygens (including phenoxy) is 4. The van der Waals surface area contributed by atoms with E-state index in [1.807, 2.05) is 65.8 Å². The highest BCUT2D eigenvalue weighted by Crippen LogP contribution is 2.33. The van der Waals surface area contributed by atoms with Crippen LogP contribution in [0.4, 0.5) is 4.79 Å². The zero-order chi connectivity index (χ0) is 31.0. The predicted octanol–water partition coefficient (Wildman–Crippen LogP) is 7.44. The second kappa shape index (κ2) is 14.2. The zero-order valence-electron chi connectivity index (χ0n) is 26.3. The number of rotatable bonds is 10. The molecule has 8 heteroatoms. The van der Waals surface area contributed by atoms with E-state index in [1.165, 1.54) is 10.8 Å². The van der Waals surface area contributed by atoms with E-state index < -0.39 is 17.2 Å². The van der Waals surface area contributed by atoms with Gasteiger partial charge in [-0.15, -0.1) is 5.06 Å². The molecule has 1 saturated heterocycles. The number of fused-ring (bicyclic) bond motifs is 1. The van der Waals surface area contributed by atoms with Crippen molar-refractivity contribution in [3.63, 3.8) is 0 Å². The third kappa shape index (κ3) is 9.97. The van der Waals surface area contributed by atoms with Crippen molar-refractivity contribution in [3.8, 4) is 5.75 Å². The molecule has 1 fully saturated rings. The molecule has 2 unspecified atom stereocenters. The summed E-state index contributed by atoms with van der Waals surface area (Å²) in [5, 5.41) is 3.99. The summed E-state index contributed by atoms with van der Waals surface area (Å²) in [6, 6.07) is 22.7. The lowest BCUT2D eigenvalue weighted by Gasteiger charge is -2.37. The molecule has 0 bridgehead atoms. The summed E-state index contributed by atoms with van der Waals surface area (Å²) in [5.74, 6) is 0.645. The summed E-state index contributed by atoms with van der Waals surface area (Å²) < 4.78 is 23.1. The molecule has 1 aliphatic rings. The molecule has 0 spiro atoms. The summed E-state index contributed by atoms with van der Waals surface area (Å²) in [4.78, 5) is 29.8. The molecular weight excluding hydrogens is 546 g/mol. The SMILES string of the molecule is CC(C)(C)OC(=O)ON1CCC(c2ccc(OCCCOC(=O)C(C)(C)C)cc2)C(OCc2ccc3ccccc3c2)C1. The van der Waals surface area contributed by atoms with E-state index in [0.29, 0.717) is 39.3 Å². The smallest absolute Gasteiger partial charge is 0.493 e. The van der Waals surface area contributed by atoms with Gasteiger partial charge in [0.25, 0.3) is 0 Å². The highest BCUT2D eigenvalue weighted by atomic mass is 16.8. The normalized spacial score (nSPS) is 17.8. The minimum absolute atomic E-state index is 0.102. The Kier molecular flexibility index (Phi) is 10.7. The third-order valence-electron chi connectivity index (χ3n) is 7.10. The van der Waals surface area contributed by atoms with Crippen LogP contribution in [0.15, 0.2) is 66.7 Å². The minimum Gasteiger partial charge on any atom is -0.493 e. The molecule has 0 radical (unpaired) electrons. The number of hydrogen-bond donors (Lipinski definition) is 0. The van der Waals surface area contributed by atoms with Gasteiger partial charge in [-0.1, -0.05) is 48.5 Å². The van der Waals surface area contributed by atoms with E-state index in [1.54, 1.807) is 5.06 Å². The molecule has 232 valence electrons. The lowest BCUT2D eigenvalue weighted by molar-refractivity contribution is -0.179. The van der Waals surface area contributed by atoms with E-state index in [2.05, 4.69) is 42.5 Å². The first-order valence-electron chi connectivity index (χ1n) is 15.0. The van der Waals surface area contributed by atoms with Crippen molar-refractivity contribution >= 4 is 22.9 Å². The highest BCUT2D eigenvalue weighted by molar-refractivity contribution is 5.83. The Balaban J connectivity index is 1.38. The largest absolute Gasteiger partial charge is 0.528 e. The van der Waals surface area contributed by atoms with E-state index in [-0.39, 0.29) is 18.0 Å². The topological polar surface area (TPSA) is 83.5 Å². The molecule has 0 saturated carbocycles. The quantitative estimate of drug-likeness (QED) is 0.178. The molecule has 8 nitrogen and oxygen atoms in total. The molecule has 0 amide bonds. The maximum absolute atomic E-state index is 12.4. The average molecular weight is 592 g/mol. The van der Waals surface area contributed by atoms with Crippen LogP contribution in [0.3, 0.4) is 0 Å². The Labute approximate surface area is 255 Å². The molecule has 3 aromatic rings. The van der Waals surface area contributed by atoms with Crippen molar-refractivity contribution in [1.29, 1.82) is 0 Å². The first-order chi connectivity index (χ1) is 20.4. The second-order valence-corrected chi connectivity index (χ2v) is 13.0. The third-order valence-corrected chi connectivity index (χ3v) is 7.10. The van der Waals surface area contributed by atoms with Gasteiger partial charge in [0.15, 0.2) is 0 Å². The van der Waals surface area contributed by atoms with Crippen molar-refractivity contribution in [2.45, 2.75) is 78.6 Å². The van der Waals surface area contributed by atoms with Gasteiger partial charge in [0.1, 0.15) is 11.4 Å². The number of benzene rings is 3. The molecular formula is C35H45NO7. The minimum atomic E-state index is -0.714. The Morgan fingerprint density at radius 1 is 0.884 bits per heavy atom. The van der Waals surface area contributed by atoms with Gasteiger partial charge in [-0.3, -0.25) is 4.79 Å². The Hall–Kier alpha value is -3.62. The van der Waals surface area contributed by atoms with Crippen LogP contribution in [0.5, 0.6) is 5.75 Å². The number of esters is 1. The van der Waals surface area contributed by atoms with Crippen molar-refractivity contribution in [2.75, 3.05) is 26.3 Å². The number of piperidine rings is 1. The molecule has 4 rings (SSSR count). The summed E-state index contributed by atoms with van der Waals surface area (Å²) in [5.41, 5.74) is 1.07. The summed E-state index contributed by atoms with van der Waals surface area (Å²) >= 11 is 0. The fourth-order valence-corrected chi connectivity index (χ4v) is 4.87. The van der Waals surface area contributed by atoms with Gasteiger partial charge < -0.3 is 23.8 Å². The van der Waals surface area contributed by atoms with Crippen molar-refractivity contribution < 1.29 is 33.4 Å². The number of carbonyl (C=O) groups excluding carboxylic acids is 2. The monoisotopic (exact) mass is 591 g/mol. The molecule has 0 N–H and O–H groups in total. The van der Waals surface area contributed by atoms with Crippen LogP contribution < -0.4 is 4.74 Å². The number of hydroxylamine groups is 2. The summed E-state index contributed by atoms with van der Waals surface area (Å²) in [6.45, 7) is 13.1. The molecule has 1 aliphatic heterocycles. The number of nitrogens with zero attached hydrogens (tertiary/aromatic N) is 1. The molecule has 43 heavy (non-hydrogen) atoms. The van der Waals surface area contributed by atoms with Crippen LogP contribution in [-0.2, 0) is 30.4 Å². The van der Waals surface area contributed by atoms with Gasteiger partial charge >= 0.3 is 12.1 Å². The molecule has 0 aliphatic carbocycles. The Morgan fingerprint density at radius 3 is 2.30 bits per heavy atom. The van der Waals surface area contributed by atoms with E-state index in [9.17, 15) is 9.59 Å². The molecule has 1 heterocycles. The fraction of sp³-hybridized carbons (Fsp3) is 0.486. The highest BCUT2D eigenvalue weighted by Gasteiger charge is 2.34. The van der Waals surface area contributed by atoms with E-state index in [0.717, 1.165) is 23.3 Å². The summed E-state index contributed by atoms with van der Waals surface area (Å²) in [7, 11) is 0. The van der Waals surface area contributed by atoms with Gasteiger partial charge in [-0.05, 0) is 88.1 Å². The average Bonchev–Trinajstić information content (AvgIpc) is 2.94. The maximum Gasteiger partial charge on any atom is 0.528 e. The Morgan fingerprint density at radius 2 is 1.60 bits per heavy atom. The van der Waals surface area contributed by atoms with Crippen LogP contribution in [0.2, 0.25) is 0 Å². The van der Waals surface area contributed by atoms with Crippen LogP contribution >= 0.6 is 0 Å². The van der Waals surface area contributed by atoms with Crippen LogP contribution in [-0.4, -0.2) is 55.2 Å². The van der Waals surface area contributed by atoms with Crippen LogP contribution in [0, 0.1) is 5.41 Å². The fourth-order valence-electron chi connectivity index (χ4n) is 4.87. The van der Waals surface area contributed by atoms with Gasteiger partial charge in [-0.25, -0.2) is 4.79 Å². The van der Waals surface area contributed by atoms with E-state index >= 15 is 0 Å². The van der Waals surface area contributed by atoms with Crippen LogP contribution in [0.25, 0.3) is 10.8 Å². The predicted molar refractivity (Wildman–Crippen MR) is 166 cm³/mol. The van der Waals surface area contributed by atoms with Gasteiger partial charge in [0.05, 0.1) is 37.9 Å². The number of carbonyl (C=O) groups is 2. The summed E-state index contributed by atoms with van der Waals surface area (Å²) in [6.07, 6.45) is 0.426. The van der Waals surface area contributed by atoms with Crippen LogP contribution in [0.1, 0.15) is 71.4 Å². The molecule has 0 aromatic heterocycles. The lowest BCUT2D eigenvalue weighted by atomic mass is 9.87. The molecule has 3 aromatic carbocycles. The maximum atomic E-state index is 12.4. The lowest BCUT2D eigenvalue weighted by Crippen LogP contribution is -2.45. The van der Waals surface area contributed by atoms with Gasteiger partial charge in [0.2, 0.25) is 0 Å². The zero-order valence-corrected chi connectivity index (χ0v) is 26.3.